The van der Waals surface area contributed by atoms with E-state index in [1.165, 1.54) is 0 Å². The van der Waals surface area contributed by atoms with Crippen molar-refractivity contribution in [2.75, 3.05) is 0 Å². The van der Waals surface area contributed by atoms with Crippen molar-refractivity contribution in [2.24, 2.45) is 11.8 Å². The third kappa shape index (κ3) is 5.86. The molecule has 0 radical (unpaired) electrons. The molecule has 1 fully saturated rings. The highest BCUT2D eigenvalue weighted by molar-refractivity contribution is 5.83. The van der Waals surface area contributed by atoms with Gasteiger partial charge >= 0.3 is 11.9 Å². The predicted octanol–water partition coefficient (Wildman–Crippen LogP) is 2.66. The van der Waals surface area contributed by atoms with Crippen LogP contribution in [0.25, 0.3) is 0 Å². The van der Waals surface area contributed by atoms with E-state index in [-0.39, 0.29) is 11.9 Å². The maximum atomic E-state index is 12.1. The zero-order chi connectivity index (χ0) is 16.2. The third-order valence-electron chi connectivity index (χ3n) is 3.62. The normalized spacial score (nSPS) is 22.3. The Labute approximate surface area is 126 Å². The van der Waals surface area contributed by atoms with Crippen LogP contribution in [0.4, 0.5) is 0 Å². The van der Waals surface area contributed by atoms with Crippen molar-refractivity contribution in [2.45, 2.75) is 72.0 Å². The summed E-state index contributed by atoms with van der Waals surface area (Å²) < 4.78 is 10.6. The highest BCUT2D eigenvalue weighted by Gasteiger charge is 2.33. The van der Waals surface area contributed by atoms with E-state index in [9.17, 15) is 14.4 Å². The van der Waals surface area contributed by atoms with Gasteiger partial charge in [-0.05, 0) is 33.6 Å². The molecule has 1 saturated carbocycles. The lowest BCUT2D eigenvalue weighted by atomic mass is 9.94. The molecule has 0 aliphatic heterocycles. The fourth-order valence-corrected chi connectivity index (χ4v) is 2.16. The Morgan fingerprint density at radius 1 is 1.14 bits per heavy atom. The SMILES string of the molecule is CC(C(=O)OC1CCCC(=O)C1)C(C)C(=O)OC(C)(C)C. The van der Waals surface area contributed by atoms with E-state index in [0.29, 0.717) is 19.3 Å². The number of Topliss-reactive ketones (excluding diaryl/α,β-unsaturated/α-hetero) is 1. The van der Waals surface area contributed by atoms with Crippen LogP contribution in [0, 0.1) is 11.8 Å². The van der Waals surface area contributed by atoms with Gasteiger partial charge in [-0.15, -0.1) is 0 Å². The molecular formula is C16H26O5. The van der Waals surface area contributed by atoms with Crippen molar-refractivity contribution in [3.8, 4) is 0 Å². The topological polar surface area (TPSA) is 69.7 Å². The summed E-state index contributed by atoms with van der Waals surface area (Å²) in [6.45, 7) is 8.67. The smallest absolute Gasteiger partial charge is 0.310 e. The van der Waals surface area contributed by atoms with Gasteiger partial charge in [0, 0.05) is 12.8 Å². The molecule has 120 valence electrons. The molecule has 3 atom stereocenters. The van der Waals surface area contributed by atoms with Gasteiger partial charge in [0.05, 0.1) is 11.8 Å². The summed E-state index contributed by atoms with van der Waals surface area (Å²) in [5, 5.41) is 0. The Bertz CT molecular complexity index is 407. The van der Waals surface area contributed by atoms with Crippen LogP contribution in [0.1, 0.15) is 60.3 Å². The van der Waals surface area contributed by atoms with Crippen LogP contribution >= 0.6 is 0 Å². The fourth-order valence-electron chi connectivity index (χ4n) is 2.16. The molecule has 0 bridgehead atoms. The number of ketones is 1. The maximum absolute atomic E-state index is 12.1. The monoisotopic (exact) mass is 298 g/mol. The van der Waals surface area contributed by atoms with E-state index >= 15 is 0 Å². The zero-order valence-electron chi connectivity index (χ0n) is 13.6. The minimum Gasteiger partial charge on any atom is -0.462 e. The Kier molecular flexibility index (Phi) is 5.93. The second kappa shape index (κ2) is 7.05. The van der Waals surface area contributed by atoms with Gasteiger partial charge in [0.15, 0.2) is 0 Å². The molecule has 0 amide bonds. The Hall–Kier alpha value is -1.39. The van der Waals surface area contributed by atoms with Crippen LogP contribution in [0.15, 0.2) is 0 Å². The molecular weight excluding hydrogens is 272 g/mol. The van der Waals surface area contributed by atoms with Gasteiger partial charge < -0.3 is 9.47 Å². The number of rotatable bonds is 4. The van der Waals surface area contributed by atoms with Crippen LogP contribution in [0.5, 0.6) is 0 Å². The first-order valence-electron chi connectivity index (χ1n) is 7.55. The largest absolute Gasteiger partial charge is 0.462 e. The molecule has 21 heavy (non-hydrogen) atoms. The van der Waals surface area contributed by atoms with E-state index in [4.69, 9.17) is 9.47 Å². The standard InChI is InChI=1S/C16H26O5/c1-10(11(2)15(19)21-16(3,4)5)14(18)20-13-8-6-7-12(17)9-13/h10-11,13H,6-9H2,1-5H3. The molecule has 0 spiro atoms. The molecule has 1 aliphatic rings. The summed E-state index contributed by atoms with van der Waals surface area (Å²) in [4.78, 5) is 35.4. The van der Waals surface area contributed by atoms with E-state index in [2.05, 4.69) is 0 Å². The van der Waals surface area contributed by atoms with Gasteiger partial charge in [-0.2, -0.15) is 0 Å². The predicted molar refractivity (Wildman–Crippen MR) is 77.5 cm³/mol. The third-order valence-corrected chi connectivity index (χ3v) is 3.62. The second-order valence-corrected chi connectivity index (χ2v) is 6.80. The Balaban J connectivity index is 2.52. The fraction of sp³-hybridized carbons (Fsp3) is 0.812. The molecule has 1 rings (SSSR count). The van der Waals surface area contributed by atoms with E-state index in [0.717, 1.165) is 6.42 Å². The summed E-state index contributed by atoms with van der Waals surface area (Å²) in [7, 11) is 0. The number of carbonyl (C=O) groups is 3. The van der Waals surface area contributed by atoms with Gasteiger partial charge in [0.2, 0.25) is 0 Å². The van der Waals surface area contributed by atoms with Crippen molar-refractivity contribution in [3.05, 3.63) is 0 Å². The van der Waals surface area contributed by atoms with Crippen LogP contribution < -0.4 is 0 Å². The van der Waals surface area contributed by atoms with Crippen molar-refractivity contribution in [1.82, 2.24) is 0 Å². The molecule has 1 aliphatic carbocycles. The first-order chi connectivity index (χ1) is 9.60. The number of hydrogen-bond acceptors (Lipinski definition) is 5. The number of hydrogen-bond donors (Lipinski definition) is 0. The summed E-state index contributed by atoms with van der Waals surface area (Å²) in [6.07, 6.45) is 1.99. The van der Waals surface area contributed by atoms with Crippen molar-refractivity contribution >= 4 is 17.7 Å². The molecule has 0 heterocycles. The lowest BCUT2D eigenvalue weighted by Crippen LogP contribution is -2.35. The quantitative estimate of drug-likeness (QED) is 0.746. The van der Waals surface area contributed by atoms with Crippen LogP contribution in [0.2, 0.25) is 0 Å². The second-order valence-electron chi connectivity index (χ2n) is 6.80. The van der Waals surface area contributed by atoms with Crippen LogP contribution in [-0.2, 0) is 23.9 Å². The molecule has 0 aromatic heterocycles. The maximum Gasteiger partial charge on any atom is 0.310 e. The molecule has 0 N–H and O–H groups in total. The van der Waals surface area contributed by atoms with Crippen molar-refractivity contribution < 1.29 is 23.9 Å². The minimum absolute atomic E-state index is 0.131. The lowest BCUT2D eigenvalue weighted by molar-refractivity contribution is -0.169. The number of esters is 2. The number of ether oxygens (including phenoxy) is 2. The Morgan fingerprint density at radius 2 is 1.71 bits per heavy atom. The Morgan fingerprint density at radius 3 is 2.24 bits per heavy atom. The van der Waals surface area contributed by atoms with Crippen molar-refractivity contribution in [1.29, 1.82) is 0 Å². The highest BCUT2D eigenvalue weighted by atomic mass is 16.6. The summed E-state index contributed by atoms with van der Waals surface area (Å²) in [5.74, 6) is -1.88. The van der Waals surface area contributed by atoms with Crippen LogP contribution in [-0.4, -0.2) is 29.4 Å². The molecule has 0 aromatic rings. The van der Waals surface area contributed by atoms with E-state index < -0.39 is 29.4 Å². The minimum atomic E-state index is -0.586. The van der Waals surface area contributed by atoms with E-state index in [1.54, 1.807) is 34.6 Å². The molecule has 3 unspecified atom stereocenters. The highest BCUT2D eigenvalue weighted by Crippen LogP contribution is 2.23. The average molecular weight is 298 g/mol. The van der Waals surface area contributed by atoms with Gasteiger partial charge in [-0.1, -0.05) is 13.8 Å². The van der Waals surface area contributed by atoms with Gasteiger partial charge in [-0.25, -0.2) is 0 Å². The van der Waals surface area contributed by atoms with Gasteiger partial charge in [-0.3, -0.25) is 14.4 Å². The molecule has 0 saturated heterocycles. The first-order valence-corrected chi connectivity index (χ1v) is 7.55. The van der Waals surface area contributed by atoms with Gasteiger partial charge in [0.1, 0.15) is 17.5 Å². The molecule has 5 heteroatoms. The summed E-state index contributed by atoms with van der Waals surface area (Å²) in [6, 6.07) is 0. The zero-order valence-corrected chi connectivity index (χ0v) is 13.6. The molecule has 0 aromatic carbocycles. The molecule has 5 nitrogen and oxygen atoms in total. The van der Waals surface area contributed by atoms with E-state index in [1.807, 2.05) is 0 Å². The van der Waals surface area contributed by atoms with Crippen LogP contribution in [0.3, 0.4) is 0 Å². The summed E-state index contributed by atoms with van der Waals surface area (Å²) >= 11 is 0. The van der Waals surface area contributed by atoms with Gasteiger partial charge in [0.25, 0.3) is 0 Å². The number of carbonyl (C=O) groups excluding carboxylic acids is 3. The van der Waals surface area contributed by atoms with Crippen molar-refractivity contribution in [3.63, 3.8) is 0 Å². The lowest BCUT2D eigenvalue weighted by Gasteiger charge is -2.26. The average Bonchev–Trinajstić information content (AvgIpc) is 2.34. The first kappa shape index (κ1) is 17.7. The summed E-state index contributed by atoms with van der Waals surface area (Å²) in [5.41, 5.74) is -0.579.